The molecule has 6 heavy (non-hydrogen) atoms. The van der Waals surface area contributed by atoms with Gasteiger partial charge >= 0.3 is 0 Å². The van der Waals surface area contributed by atoms with Gasteiger partial charge in [-0.2, -0.15) is 0 Å². The molecule has 0 spiro atoms. The second kappa shape index (κ2) is 0.768. The molecule has 2 nitrogen and oxygen atoms in total. The number of hydrogen-bond donors (Lipinski definition) is 2. The van der Waals surface area contributed by atoms with Gasteiger partial charge in [-0.1, -0.05) is 6.92 Å². The van der Waals surface area contributed by atoms with Crippen molar-refractivity contribution in [1.29, 1.82) is 0 Å². The van der Waals surface area contributed by atoms with Crippen molar-refractivity contribution in [1.82, 2.24) is 0 Å². The van der Waals surface area contributed by atoms with E-state index in [4.69, 9.17) is 10.8 Å². The highest BCUT2D eigenvalue weighted by atomic mass is 16.3. The van der Waals surface area contributed by atoms with Gasteiger partial charge in [0, 0.05) is 5.92 Å². The van der Waals surface area contributed by atoms with Crippen LogP contribution in [0.3, 0.4) is 0 Å². The predicted octanol–water partition coefficient (Wildman–Crippen LogP) is -0.327. The Morgan fingerprint density at radius 3 is 2.17 bits per heavy atom. The molecule has 0 aromatic heterocycles. The molecule has 1 rings (SSSR count). The highest BCUT2D eigenvalue weighted by molar-refractivity contribution is 4.94. The Morgan fingerprint density at radius 1 is 2.00 bits per heavy atom. The third-order valence-corrected chi connectivity index (χ3v) is 1.33. The van der Waals surface area contributed by atoms with E-state index in [1.165, 1.54) is 0 Å². The maximum Gasteiger partial charge on any atom is 0.116 e. The van der Waals surface area contributed by atoms with Gasteiger partial charge in [-0.15, -0.1) is 0 Å². The van der Waals surface area contributed by atoms with Crippen molar-refractivity contribution in [3.63, 3.8) is 0 Å². The van der Waals surface area contributed by atoms with Gasteiger partial charge in [-0.05, 0) is 6.42 Å². The Balaban J connectivity index is 2.41. The minimum atomic E-state index is -0.792. The van der Waals surface area contributed by atoms with Gasteiger partial charge in [-0.25, -0.2) is 0 Å². The largest absolute Gasteiger partial charge is 0.376 e. The Morgan fingerprint density at radius 2 is 2.17 bits per heavy atom. The molecule has 2 heteroatoms. The monoisotopic (exact) mass is 87.1 g/mol. The van der Waals surface area contributed by atoms with Gasteiger partial charge in [-0.3, -0.25) is 0 Å². The van der Waals surface area contributed by atoms with Crippen LogP contribution < -0.4 is 5.73 Å². The maximum absolute atomic E-state index is 8.68. The minimum Gasteiger partial charge on any atom is -0.376 e. The third kappa shape index (κ3) is 0.420. The van der Waals surface area contributed by atoms with Gasteiger partial charge in [0.1, 0.15) is 5.72 Å². The number of aliphatic hydroxyl groups is 1. The van der Waals surface area contributed by atoms with E-state index in [2.05, 4.69) is 0 Å². The maximum atomic E-state index is 8.68. The molecular weight excluding hydrogens is 78.0 g/mol. The molecule has 0 aromatic carbocycles. The van der Waals surface area contributed by atoms with Crippen molar-refractivity contribution in [2.45, 2.75) is 19.1 Å². The first-order valence-corrected chi connectivity index (χ1v) is 2.14. The Labute approximate surface area is 37.0 Å². The SMILES string of the molecule is CC1CC1(N)O. The summed E-state index contributed by atoms with van der Waals surface area (Å²) in [6.45, 7) is 1.93. The smallest absolute Gasteiger partial charge is 0.116 e. The lowest BCUT2D eigenvalue weighted by Gasteiger charge is -1.93. The first-order valence-electron chi connectivity index (χ1n) is 2.14. The molecule has 0 radical (unpaired) electrons. The van der Waals surface area contributed by atoms with E-state index in [9.17, 15) is 0 Å². The van der Waals surface area contributed by atoms with Gasteiger partial charge in [0.2, 0.25) is 0 Å². The van der Waals surface area contributed by atoms with E-state index in [-0.39, 0.29) is 0 Å². The molecule has 0 saturated heterocycles. The summed E-state index contributed by atoms with van der Waals surface area (Å²) < 4.78 is 0. The van der Waals surface area contributed by atoms with Crippen LogP contribution in [0.5, 0.6) is 0 Å². The quantitative estimate of drug-likeness (QED) is 0.397. The zero-order chi connectivity index (χ0) is 4.78. The lowest BCUT2D eigenvalue weighted by Crippen LogP contribution is -2.22. The van der Waals surface area contributed by atoms with E-state index < -0.39 is 5.72 Å². The molecule has 0 amide bonds. The van der Waals surface area contributed by atoms with Crippen molar-refractivity contribution in [2.24, 2.45) is 11.7 Å². The molecule has 3 N–H and O–H groups in total. The molecule has 36 valence electrons. The van der Waals surface area contributed by atoms with E-state index in [1.807, 2.05) is 6.92 Å². The molecule has 0 aliphatic heterocycles. The fourth-order valence-corrected chi connectivity index (χ4v) is 0.432. The van der Waals surface area contributed by atoms with E-state index in [0.717, 1.165) is 6.42 Å². The summed E-state index contributed by atoms with van der Waals surface area (Å²) >= 11 is 0. The van der Waals surface area contributed by atoms with Crippen LogP contribution in [0, 0.1) is 5.92 Å². The Bertz CT molecular complexity index is 69.9. The zero-order valence-electron chi connectivity index (χ0n) is 3.81. The number of nitrogens with two attached hydrogens (primary N) is 1. The Hall–Kier alpha value is -0.0800. The molecule has 2 atom stereocenters. The van der Waals surface area contributed by atoms with Crippen LogP contribution in [0.25, 0.3) is 0 Å². The first-order chi connectivity index (χ1) is 2.63. The summed E-state index contributed by atoms with van der Waals surface area (Å²) in [4.78, 5) is 0. The van der Waals surface area contributed by atoms with Crippen LogP contribution in [0.4, 0.5) is 0 Å². The Kier molecular flexibility index (Phi) is 0.524. The van der Waals surface area contributed by atoms with Crippen molar-refractivity contribution < 1.29 is 5.11 Å². The van der Waals surface area contributed by atoms with Crippen molar-refractivity contribution in [2.75, 3.05) is 0 Å². The average Bonchev–Trinajstić information content (AvgIpc) is 1.73. The summed E-state index contributed by atoms with van der Waals surface area (Å²) in [6, 6.07) is 0. The lowest BCUT2D eigenvalue weighted by atomic mass is 10.4. The fourth-order valence-electron chi connectivity index (χ4n) is 0.432. The van der Waals surface area contributed by atoms with Gasteiger partial charge < -0.3 is 10.8 Å². The normalized spacial score (nSPS) is 55.5. The topological polar surface area (TPSA) is 46.2 Å². The van der Waals surface area contributed by atoms with E-state index in [0.29, 0.717) is 5.92 Å². The summed E-state index contributed by atoms with van der Waals surface area (Å²) in [5, 5.41) is 8.68. The second-order valence-corrected chi connectivity index (χ2v) is 2.10. The summed E-state index contributed by atoms with van der Waals surface area (Å²) in [5.74, 6) is 0.331. The number of rotatable bonds is 0. The van der Waals surface area contributed by atoms with E-state index in [1.54, 1.807) is 0 Å². The van der Waals surface area contributed by atoms with Crippen LogP contribution in [0.2, 0.25) is 0 Å². The van der Waals surface area contributed by atoms with Crippen LogP contribution >= 0.6 is 0 Å². The van der Waals surface area contributed by atoms with Crippen LogP contribution in [-0.4, -0.2) is 10.8 Å². The molecule has 0 bridgehead atoms. The third-order valence-electron chi connectivity index (χ3n) is 1.33. The molecule has 1 aliphatic rings. The van der Waals surface area contributed by atoms with Crippen LogP contribution in [-0.2, 0) is 0 Å². The molecule has 1 fully saturated rings. The minimum absolute atomic E-state index is 0.331. The highest BCUT2D eigenvalue weighted by Crippen LogP contribution is 2.36. The fraction of sp³-hybridized carbons (Fsp3) is 1.00. The van der Waals surface area contributed by atoms with Gasteiger partial charge in [0.15, 0.2) is 0 Å². The van der Waals surface area contributed by atoms with Crippen LogP contribution in [0.15, 0.2) is 0 Å². The van der Waals surface area contributed by atoms with Crippen LogP contribution in [0.1, 0.15) is 13.3 Å². The summed E-state index contributed by atoms with van der Waals surface area (Å²) in [6.07, 6.45) is 0.771. The van der Waals surface area contributed by atoms with Crippen molar-refractivity contribution in [3.8, 4) is 0 Å². The van der Waals surface area contributed by atoms with Crippen molar-refractivity contribution >= 4 is 0 Å². The molecule has 1 aliphatic carbocycles. The summed E-state index contributed by atoms with van der Waals surface area (Å²) in [5.41, 5.74) is 4.37. The van der Waals surface area contributed by atoms with Crippen molar-refractivity contribution in [3.05, 3.63) is 0 Å². The predicted molar refractivity (Wildman–Crippen MR) is 22.9 cm³/mol. The molecular formula is C4H9NO. The lowest BCUT2D eigenvalue weighted by molar-refractivity contribution is 0.142. The number of hydrogen-bond acceptors (Lipinski definition) is 2. The molecule has 2 unspecified atom stereocenters. The summed E-state index contributed by atoms with van der Waals surface area (Å²) in [7, 11) is 0. The molecule has 0 heterocycles. The standard InChI is InChI=1S/C4H9NO/c1-3-2-4(3,5)6/h3,6H,2,5H2,1H3. The van der Waals surface area contributed by atoms with Gasteiger partial charge in [0.25, 0.3) is 0 Å². The second-order valence-electron chi connectivity index (χ2n) is 2.10. The highest BCUT2D eigenvalue weighted by Gasteiger charge is 2.45. The molecule has 0 aromatic rings. The molecule has 1 saturated carbocycles. The van der Waals surface area contributed by atoms with Gasteiger partial charge in [0.05, 0.1) is 0 Å². The average molecular weight is 87.1 g/mol. The zero-order valence-corrected chi connectivity index (χ0v) is 3.81. The first kappa shape index (κ1) is 4.09. The van der Waals surface area contributed by atoms with E-state index >= 15 is 0 Å².